The highest BCUT2D eigenvalue weighted by atomic mass is 32.1. The van der Waals surface area contributed by atoms with Crippen LogP contribution in [-0.2, 0) is 4.74 Å². The topological polar surface area (TPSA) is 12.5 Å². The van der Waals surface area contributed by atoms with Crippen molar-refractivity contribution in [3.8, 4) is 0 Å². The van der Waals surface area contributed by atoms with Gasteiger partial charge in [0.2, 0.25) is 0 Å². The Morgan fingerprint density at radius 2 is 0.906 bits per heavy atom. The first-order valence-corrected chi connectivity index (χ1v) is 20.2. The summed E-state index contributed by atoms with van der Waals surface area (Å²) in [4.78, 5) is 3.82. The molecule has 0 spiro atoms. The highest BCUT2D eigenvalue weighted by Crippen LogP contribution is 2.60. The fraction of sp³-hybridized carbons (Fsp3) is 0.286. The lowest BCUT2D eigenvalue weighted by atomic mass is 9.41. The Balaban J connectivity index is 0.000000752. The number of ether oxygens (including phenoxy) is 1. The molecule has 5 aliphatic rings. The summed E-state index contributed by atoms with van der Waals surface area (Å²) >= 11 is 7.05. The van der Waals surface area contributed by atoms with E-state index in [2.05, 4.69) is 156 Å². The molecule has 10 rings (SSSR count). The van der Waals surface area contributed by atoms with Crippen LogP contribution in [0.2, 0.25) is 0 Å². The second-order valence-electron chi connectivity index (χ2n) is 15.4. The Bertz CT molecular complexity index is 2020. The molecule has 1 aliphatic heterocycles. The molecule has 2 nitrogen and oxygen atoms in total. The first kappa shape index (κ1) is 35.5. The molecule has 266 valence electrons. The zero-order valence-electron chi connectivity index (χ0n) is 31.2. The maximum absolute atomic E-state index is 7.05. The summed E-state index contributed by atoms with van der Waals surface area (Å²) in [7, 11) is 0. The number of hydrogen-bond acceptors (Lipinski definition) is 2. The summed E-state index contributed by atoms with van der Waals surface area (Å²) in [6, 6.07) is 55.7. The summed E-state index contributed by atoms with van der Waals surface area (Å²) in [5, 5.41) is 0. The molecule has 0 N–H and O–H groups in total. The van der Waals surface area contributed by atoms with Crippen molar-refractivity contribution in [1.82, 2.24) is 4.81 Å². The molecule has 4 heteroatoms. The fourth-order valence-corrected chi connectivity index (χ4v) is 11.0. The van der Waals surface area contributed by atoms with Crippen LogP contribution in [0.15, 0.2) is 152 Å². The van der Waals surface area contributed by atoms with Gasteiger partial charge in [-0.3, -0.25) is 0 Å². The highest BCUT2D eigenvalue weighted by Gasteiger charge is 2.57. The van der Waals surface area contributed by atoms with Crippen LogP contribution in [0.4, 0.5) is 0 Å². The minimum atomic E-state index is -0.0486. The molecule has 0 atom stereocenters. The van der Waals surface area contributed by atoms with Crippen molar-refractivity contribution >= 4 is 51.7 Å². The smallest absolute Gasteiger partial charge is 0.325 e. The van der Waals surface area contributed by atoms with Crippen LogP contribution < -0.4 is 5.46 Å². The van der Waals surface area contributed by atoms with E-state index in [1.54, 1.807) is 0 Å². The van der Waals surface area contributed by atoms with E-state index in [9.17, 15) is 0 Å². The Labute approximate surface area is 322 Å². The first-order chi connectivity index (χ1) is 26.1. The Hall–Kier alpha value is -4.51. The van der Waals surface area contributed by atoms with Gasteiger partial charge in [0.05, 0.1) is 4.99 Å². The summed E-state index contributed by atoms with van der Waals surface area (Å²) < 4.78 is 4.83. The van der Waals surface area contributed by atoms with Crippen molar-refractivity contribution in [3.05, 3.63) is 174 Å². The monoisotopic (exact) mass is 711 g/mol. The number of thiocarbonyl (C=S) groups is 1. The van der Waals surface area contributed by atoms with Gasteiger partial charge >= 0.3 is 6.85 Å². The van der Waals surface area contributed by atoms with Gasteiger partial charge in [0.15, 0.2) is 0 Å². The van der Waals surface area contributed by atoms with Gasteiger partial charge in [-0.25, -0.2) is 0 Å². The molecule has 0 aromatic heterocycles. The highest BCUT2D eigenvalue weighted by molar-refractivity contribution is 7.81. The van der Waals surface area contributed by atoms with E-state index in [1.165, 1.54) is 88.4 Å². The van der Waals surface area contributed by atoms with Crippen molar-refractivity contribution < 1.29 is 4.74 Å². The van der Waals surface area contributed by atoms with Gasteiger partial charge in [0, 0.05) is 24.3 Å². The number of allylic oxidation sites excluding steroid dienone is 2. The van der Waals surface area contributed by atoms with Gasteiger partial charge in [-0.15, -0.1) is 0 Å². The second-order valence-corrected chi connectivity index (χ2v) is 15.8. The van der Waals surface area contributed by atoms with Gasteiger partial charge in [-0.05, 0) is 109 Å². The number of hydrogen-bond donors (Lipinski definition) is 0. The number of rotatable bonds is 8. The van der Waals surface area contributed by atoms with E-state index < -0.39 is 0 Å². The number of benzene rings is 5. The first-order valence-electron chi connectivity index (χ1n) is 19.8. The van der Waals surface area contributed by atoms with Crippen LogP contribution in [0.3, 0.4) is 0 Å². The van der Waals surface area contributed by atoms with Gasteiger partial charge in [-0.2, -0.15) is 0 Å². The van der Waals surface area contributed by atoms with E-state index in [4.69, 9.17) is 17.0 Å². The molecule has 0 unspecified atom stereocenters. The second kappa shape index (κ2) is 15.8. The SMILES string of the molecule is CCOCC.S=C1C(c2ccccc2)=C(c2ccccc2)C(c2ccccc2)=C(c2ccccc2)B(c2ccccc2)N1C12CC3CC(CC(C3)C1)C2. The van der Waals surface area contributed by atoms with Crippen molar-refractivity contribution in [2.45, 2.75) is 57.9 Å². The minimum absolute atomic E-state index is 0.0142. The van der Waals surface area contributed by atoms with Gasteiger partial charge in [0.1, 0.15) is 0 Å². The Kier molecular flexibility index (Phi) is 10.6. The molecule has 5 aromatic carbocycles. The molecule has 0 saturated heterocycles. The van der Waals surface area contributed by atoms with Crippen LogP contribution in [-0.4, -0.2) is 35.4 Å². The molecule has 4 aliphatic carbocycles. The zero-order chi connectivity index (χ0) is 36.2. The summed E-state index contributed by atoms with van der Waals surface area (Å²) in [6.07, 6.45) is 7.87. The van der Waals surface area contributed by atoms with Crippen LogP contribution in [0.1, 0.15) is 74.6 Å². The third-order valence-corrected chi connectivity index (χ3v) is 12.4. The predicted molar refractivity (Wildman–Crippen MR) is 229 cm³/mol. The van der Waals surface area contributed by atoms with Gasteiger partial charge < -0.3 is 9.55 Å². The van der Waals surface area contributed by atoms with Crippen LogP contribution in [0.25, 0.3) is 22.2 Å². The molecule has 5 aromatic rings. The lowest BCUT2D eigenvalue weighted by molar-refractivity contribution is -0.0384. The third kappa shape index (κ3) is 7.00. The van der Waals surface area contributed by atoms with Crippen molar-refractivity contribution in [2.24, 2.45) is 17.8 Å². The molecular weight excluding hydrogens is 661 g/mol. The maximum Gasteiger partial charge on any atom is 0.325 e. The lowest BCUT2D eigenvalue weighted by Crippen LogP contribution is -2.67. The molecule has 4 bridgehead atoms. The van der Waals surface area contributed by atoms with E-state index >= 15 is 0 Å². The quantitative estimate of drug-likeness (QED) is 0.117. The minimum Gasteiger partial charge on any atom is -0.392 e. The predicted octanol–water partition coefficient (Wildman–Crippen LogP) is 11.3. The van der Waals surface area contributed by atoms with Crippen molar-refractivity contribution in [2.75, 3.05) is 13.2 Å². The molecule has 53 heavy (non-hydrogen) atoms. The molecule has 4 saturated carbocycles. The van der Waals surface area contributed by atoms with Crippen LogP contribution in [0.5, 0.6) is 0 Å². The van der Waals surface area contributed by atoms with E-state index in [0.29, 0.717) is 0 Å². The molecule has 4 fully saturated rings. The van der Waals surface area contributed by atoms with Gasteiger partial charge in [0.25, 0.3) is 0 Å². The normalized spacial score (nSPS) is 23.5. The lowest BCUT2D eigenvalue weighted by Gasteiger charge is -2.62. The average molecular weight is 712 g/mol. The molecule has 0 amide bonds. The molecule has 0 radical (unpaired) electrons. The molecule has 1 heterocycles. The third-order valence-electron chi connectivity index (χ3n) is 12.0. The van der Waals surface area contributed by atoms with E-state index in [1.807, 2.05) is 13.8 Å². The summed E-state index contributed by atoms with van der Waals surface area (Å²) in [5.74, 6) is 2.36. The standard InChI is InChI=1S/C45H40BNS.C4H10O/c48-44-42(37-20-10-3-11-21-37)40(35-16-6-1-7-17-35)41(36-18-8-2-9-19-36)43(38-22-12-4-13-23-38)46(39-24-14-5-15-25-39)47(44)45-29-32-26-33(30-45)28-34(27-32)31-45;1-3-5-4-2/h1-25,32-34H,26-31H2;3-4H2,1-2H3. The average Bonchev–Trinajstić information content (AvgIpc) is 3.32. The van der Waals surface area contributed by atoms with Crippen LogP contribution >= 0.6 is 12.2 Å². The summed E-state index contributed by atoms with van der Waals surface area (Å²) in [6.45, 7) is 5.62. The fourth-order valence-electron chi connectivity index (χ4n) is 10.5. The van der Waals surface area contributed by atoms with E-state index in [0.717, 1.165) is 36.0 Å². The largest absolute Gasteiger partial charge is 0.392 e. The van der Waals surface area contributed by atoms with Crippen molar-refractivity contribution in [1.29, 1.82) is 0 Å². The van der Waals surface area contributed by atoms with E-state index in [-0.39, 0.29) is 12.4 Å². The van der Waals surface area contributed by atoms with Crippen molar-refractivity contribution in [3.63, 3.8) is 0 Å². The Morgan fingerprint density at radius 3 is 1.32 bits per heavy atom. The number of nitrogens with zero attached hydrogens (tertiary/aromatic N) is 1. The zero-order valence-corrected chi connectivity index (χ0v) is 32.0. The van der Waals surface area contributed by atoms with Crippen LogP contribution in [0, 0.1) is 17.8 Å². The van der Waals surface area contributed by atoms with Gasteiger partial charge in [-0.1, -0.05) is 169 Å². The maximum atomic E-state index is 7.05. The molecular formula is C49H50BNOS. The summed E-state index contributed by atoms with van der Waals surface area (Å²) in [5.41, 5.74) is 11.2. The Morgan fingerprint density at radius 1 is 0.528 bits per heavy atom.